The molecule has 0 aliphatic heterocycles. The number of nitrogens with zero attached hydrogens (tertiary/aromatic N) is 5. The summed E-state index contributed by atoms with van der Waals surface area (Å²) in [4.78, 5) is 17.3. The van der Waals surface area contributed by atoms with Crippen molar-refractivity contribution in [2.75, 3.05) is 0 Å². The van der Waals surface area contributed by atoms with Crippen molar-refractivity contribution in [2.45, 2.75) is 13.5 Å². The Balaban J connectivity index is 1.88. The standard InChI is InChI=1S/C17H13N5OS/c1-10-20-16-15(24-10)13-8-19-22(17(23)14(13)21(16)2)9-12-5-3-4-11(6-12)7-18/h3-6,8H,9H2,1-2H3. The number of aryl methyl sites for hydroxylation is 2. The van der Waals surface area contributed by atoms with Gasteiger partial charge >= 0.3 is 0 Å². The smallest absolute Gasteiger partial charge is 0.291 e. The molecule has 24 heavy (non-hydrogen) atoms. The van der Waals surface area contributed by atoms with E-state index in [-0.39, 0.29) is 5.56 Å². The Kier molecular flexibility index (Phi) is 3.22. The third-order valence-corrected chi connectivity index (χ3v) is 5.01. The molecule has 0 bridgehead atoms. The van der Waals surface area contributed by atoms with Crippen LogP contribution in [0.4, 0.5) is 0 Å². The van der Waals surface area contributed by atoms with Crippen LogP contribution in [0.15, 0.2) is 35.3 Å². The van der Waals surface area contributed by atoms with Crippen LogP contribution in [0.5, 0.6) is 0 Å². The van der Waals surface area contributed by atoms with Gasteiger partial charge < -0.3 is 4.57 Å². The highest BCUT2D eigenvalue weighted by Crippen LogP contribution is 2.30. The minimum absolute atomic E-state index is 0.153. The Bertz CT molecular complexity index is 1190. The molecule has 0 fully saturated rings. The van der Waals surface area contributed by atoms with Crippen molar-refractivity contribution >= 4 is 32.6 Å². The van der Waals surface area contributed by atoms with E-state index in [9.17, 15) is 4.79 Å². The number of nitriles is 1. The Morgan fingerprint density at radius 1 is 1.38 bits per heavy atom. The molecule has 0 spiro atoms. The topological polar surface area (TPSA) is 76.5 Å². The second-order valence-electron chi connectivity index (χ2n) is 5.63. The summed E-state index contributed by atoms with van der Waals surface area (Å²) in [6.45, 7) is 2.28. The van der Waals surface area contributed by atoms with E-state index in [4.69, 9.17) is 5.26 Å². The lowest BCUT2D eigenvalue weighted by Crippen LogP contribution is -2.24. The van der Waals surface area contributed by atoms with Crippen molar-refractivity contribution in [3.63, 3.8) is 0 Å². The van der Waals surface area contributed by atoms with Gasteiger partial charge in [0.1, 0.15) is 5.52 Å². The molecule has 0 amide bonds. The normalized spacial score (nSPS) is 11.2. The molecular weight excluding hydrogens is 322 g/mol. The average molecular weight is 335 g/mol. The number of fused-ring (bicyclic) bond motifs is 3. The van der Waals surface area contributed by atoms with Gasteiger partial charge in [-0.3, -0.25) is 4.79 Å². The van der Waals surface area contributed by atoms with E-state index in [2.05, 4.69) is 16.2 Å². The maximum atomic E-state index is 12.9. The lowest BCUT2D eigenvalue weighted by Gasteiger charge is -2.06. The summed E-state index contributed by atoms with van der Waals surface area (Å²) in [6, 6.07) is 9.31. The van der Waals surface area contributed by atoms with Crippen LogP contribution >= 0.6 is 11.3 Å². The first-order valence-corrected chi connectivity index (χ1v) is 8.21. The van der Waals surface area contributed by atoms with Gasteiger partial charge in [-0.2, -0.15) is 10.4 Å². The van der Waals surface area contributed by atoms with E-state index in [1.54, 1.807) is 29.7 Å². The van der Waals surface area contributed by atoms with Gasteiger partial charge in [0.25, 0.3) is 5.56 Å². The third-order valence-electron chi connectivity index (χ3n) is 4.02. The van der Waals surface area contributed by atoms with Crippen LogP contribution in [0.2, 0.25) is 0 Å². The molecule has 0 saturated carbocycles. The minimum Gasteiger partial charge on any atom is -0.323 e. The number of hydrogen-bond donors (Lipinski definition) is 0. The molecule has 4 rings (SSSR count). The number of aromatic nitrogens is 4. The van der Waals surface area contributed by atoms with Crippen LogP contribution in [-0.2, 0) is 13.6 Å². The molecule has 3 heterocycles. The van der Waals surface area contributed by atoms with Crippen LogP contribution in [-0.4, -0.2) is 19.3 Å². The third kappa shape index (κ3) is 2.12. The molecule has 118 valence electrons. The van der Waals surface area contributed by atoms with E-state index in [0.29, 0.717) is 17.6 Å². The van der Waals surface area contributed by atoms with Crippen molar-refractivity contribution < 1.29 is 0 Å². The first kappa shape index (κ1) is 14.6. The maximum absolute atomic E-state index is 12.9. The lowest BCUT2D eigenvalue weighted by atomic mass is 10.1. The fourth-order valence-corrected chi connectivity index (χ4v) is 3.88. The average Bonchev–Trinajstić information content (AvgIpc) is 3.08. The molecule has 0 atom stereocenters. The van der Waals surface area contributed by atoms with Gasteiger partial charge in [-0.25, -0.2) is 9.67 Å². The Hall–Kier alpha value is -2.98. The van der Waals surface area contributed by atoms with Gasteiger partial charge in [0, 0.05) is 12.4 Å². The van der Waals surface area contributed by atoms with Crippen LogP contribution in [0.3, 0.4) is 0 Å². The molecule has 1 aromatic carbocycles. The Labute approximate surface area is 141 Å². The lowest BCUT2D eigenvalue weighted by molar-refractivity contribution is 0.644. The molecule has 0 unspecified atom stereocenters. The van der Waals surface area contributed by atoms with Gasteiger partial charge in [-0.1, -0.05) is 12.1 Å². The quantitative estimate of drug-likeness (QED) is 0.564. The van der Waals surface area contributed by atoms with E-state index >= 15 is 0 Å². The van der Waals surface area contributed by atoms with Gasteiger partial charge in [0.05, 0.1) is 34.1 Å². The number of benzene rings is 1. The first-order valence-electron chi connectivity index (χ1n) is 7.39. The van der Waals surface area contributed by atoms with Crippen molar-refractivity contribution in [1.29, 1.82) is 5.26 Å². The summed E-state index contributed by atoms with van der Waals surface area (Å²) in [5.74, 6) is 0. The highest BCUT2D eigenvalue weighted by molar-refractivity contribution is 7.19. The SMILES string of the molecule is Cc1nc2c(s1)c1cnn(Cc3cccc(C#N)c3)c(=O)c1n2C. The summed E-state index contributed by atoms with van der Waals surface area (Å²) in [6.07, 6.45) is 1.73. The van der Waals surface area contributed by atoms with Crippen molar-refractivity contribution in [1.82, 2.24) is 19.3 Å². The molecule has 0 saturated heterocycles. The largest absolute Gasteiger partial charge is 0.323 e. The second kappa shape index (κ2) is 5.28. The van der Waals surface area contributed by atoms with E-state index in [0.717, 1.165) is 26.3 Å². The van der Waals surface area contributed by atoms with Crippen LogP contribution < -0.4 is 5.56 Å². The van der Waals surface area contributed by atoms with E-state index in [1.807, 2.05) is 30.7 Å². The number of rotatable bonds is 2. The van der Waals surface area contributed by atoms with Crippen LogP contribution in [0.1, 0.15) is 16.1 Å². The zero-order chi connectivity index (χ0) is 16.8. The van der Waals surface area contributed by atoms with Gasteiger partial charge in [0.2, 0.25) is 0 Å². The van der Waals surface area contributed by atoms with Crippen LogP contribution in [0, 0.1) is 18.3 Å². The molecule has 0 aliphatic carbocycles. The maximum Gasteiger partial charge on any atom is 0.291 e. The molecule has 4 aromatic rings. The number of thiazole rings is 1. The first-order chi connectivity index (χ1) is 11.6. The molecule has 7 heteroatoms. The van der Waals surface area contributed by atoms with Gasteiger partial charge in [0.15, 0.2) is 5.65 Å². The van der Waals surface area contributed by atoms with Gasteiger partial charge in [-0.05, 0) is 24.6 Å². The van der Waals surface area contributed by atoms with Crippen molar-refractivity contribution in [3.8, 4) is 6.07 Å². The zero-order valence-electron chi connectivity index (χ0n) is 13.1. The minimum atomic E-state index is -0.153. The predicted octanol–water partition coefficient (Wildman–Crippen LogP) is 2.57. The fraction of sp³-hybridized carbons (Fsp3) is 0.176. The number of hydrogen-bond acceptors (Lipinski definition) is 5. The molecular formula is C17H13N5OS. The van der Waals surface area contributed by atoms with Crippen molar-refractivity contribution in [2.24, 2.45) is 7.05 Å². The zero-order valence-corrected chi connectivity index (χ0v) is 14.0. The molecule has 0 N–H and O–H groups in total. The monoisotopic (exact) mass is 335 g/mol. The Morgan fingerprint density at radius 2 is 2.21 bits per heavy atom. The summed E-state index contributed by atoms with van der Waals surface area (Å²) >= 11 is 1.57. The molecule has 6 nitrogen and oxygen atoms in total. The predicted molar refractivity (Wildman–Crippen MR) is 93.1 cm³/mol. The Morgan fingerprint density at radius 3 is 3.00 bits per heavy atom. The van der Waals surface area contributed by atoms with E-state index < -0.39 is 0 Å². The summed E-state index contributed by atoms with van der Waals surface area (Å²) in [7, 11) is 1.85. The fourth-order valence-electron chi connectivity index (χ4n) is 2.92. The second-order valence-corrected chi connectivity index (χ2v) is 6.83. The highest BCUT2D eigenvalue weighted by atomic mass is 32.1. The summed E-state index contributed by atoms with van der Waals surface area (Å²) in [5, 5.41) is 15.1. The van der Waals surface area contributed by atoms with E-state index in [1.165, 1.54) is 4.68 Å². The molecule has 0 radical (unpaired) electrons. The van der Waals surface area contributed by atoms with Crippen molar-refractivity contribution in [3.05, 3.63) is 57.0 Å². The molecule has 0 aliphatic rings. The summed E-state index contributed by atoms with van der Waals surface area (Å²) < 4.78 is 4.25. The van der Waals surface area contributed by atoms with Gasteiger partial charge in [-0.15, -0.1) is 11.3 Å². The summed E-state index contributed by atoms with van der Waals surface area (Å²) in [5.41, 5.74) is 2.71. The highest BCUT2D eigenvalue weighted by Gasteiger charge is 2.17. The van der Waals surface area contributed by atoms with Crippen LogP contribution in [0.25, 0.3) is 21.3 Å². The molecule has 3 aromatic heterocycles.